The zero-order valence-electron chi connectivity index (χ0n) is 26.4. The number of hydrogen-bond donors (Lipinski definition) is 0. The third-order valence-electron chi connectivity index (χ3n) is 7.39. The molecule has 240 valence electrons. The minimum absolute atomic E-state index is 0.165. The van der Waals surface area contributed by atoms with Crippen LogP contribution in [-0.4, -0.2) is 36.0 Å². The van der Waals surface area contributed by atoms with Crippen LogP contribution in [-0.2, 0) is 0 Å². The zero-order valence-corrected chi connectivity index (χ0v) is 27.2. The lowest BCUT2D eigenvalue weighted by molar-refractivity contribution is -0.393. The lowest BCUT2D eigenvalue weighted by Crippen LogP contribution is -2.21. The SMILES string of the molecule is CCN(CC)c1ccc(C(=CN=Nc2sc(N=Nc3ccc([N+](=O)[O-])cc3[N+](=O)[O-])cc2C#N)c2ccc(N(CC)CC)cc2)cc1. The van der Waals surface area contributed by atoms with Gasteiger partial charge in [-0.1, -0.05) is 35.6 Å². The van der Waals surface area contributed by atoms with Gasteiger partial charge in [0, 0.05) is 49.2 Å². The average Bonchev–Trinajstić information content (AvgIpc) is 3.49. The average molecular weight is 652 g/mol. The molecule has 3 aromatic carbocycles. The second kappa shape index (κ2) is 16.0. The molecule has 4 rings (SSSR count). The second-order valence-corrected chi connectivity index (χ2v) is 11.0. The fraction of sp³-hybridized carbons (Fsp3) is 0.242. The first-order chi connectivity index (χ1) is 22.7. The first-order valence-electron chi connectivity index (χ1n) is 14.9. The Kier molecular flexibility index (Phi) is 11.6. The van der Waals surface area contributed by atoms with Crippen LogP contribution in [0, 0.1) is 31.6 Å². The maximum atomic E-state index is 11.4. The Labute approximate surface area is 276 Å². The third kappa shape index (κ3) is 8.27. The van der Waals surface area contributed by atoms with Gasteiger partial charge in [-0.25, -0.2) is 0 Å². The van der Waals surface area contributed by atoms with Crippen LogP contribution in [0.5, 0.6) is 0 Å². The molecule has 0 amide bonds. The van der Waals surface area contributed by atoms with Gasteiger partial charge in [0.2, 0.25) is 0 Å². The number of thiophene rings is 1. The number of hydrogen-bond acceptors (Lipinski definition) is 12. The molecule has 47 heavy (non-hydrogen) atoms. The van der Waals surface area contributed by atoms with Gasteiger partial charge in [0.25, 0.3) is 5.69 Å². The van der Waals surface area contributed by atoms with Crippen LogP contribution in [0.4, 0.5) is 38.4 Å². The van der Waals surface area contributed by atoms with E-state index in [9.17, 15) is 25.5 Å². The summed E-state index contributed by atoms with van der Waals surface area (Å²) in [6.45, 7) is 12.1. The highest BCUT2D eigenvalue weighted by Gasteiger charge is 2.20. The Bertz CT molecular complexity index is 1790. The van der Waals surface area contributed by atoms with Crippen molar-refractivity contribution in [3.8, 4) is 6.07 Å². The summed E-state index contributed by atoms with van der Waals surface area (Å²) in [6, 6.07) is 23.1. The molecule has 0 aliphatic heterocycles. The Hall–Kier alpha value is -5.81. The van der Waals surface area contributed by atoms with E-state index in [0.717, 1.165) is 83.8 Å². The maximum absolute atomic E-state index is 11.4. The molecule has 0 saturated carbocycles. The molecule has 0 bridgehead atoms. The quantitative estimate of drug-likeness (QED) is 0.0743. The summed E-state index contributed by atoms with van der Waals surface area (Å²) in [5, 5.41) is 49.3. The van der Waals surface area contributed by atoms with E-state index in [1.165, 1.54) is 6.07 Å². The fourth-order valence-electron chi connectivity index (χ4n) is 4.87. The van der Waals surface area contributed by atoms with E-state index in [-0.39, 0.29) is 21.3 Å². The van der Waals surface area contributed by atoms with Crippen LogP contribution in [0.15, 0.2) is 99.5 Å². The van der Waals surface area contributed by atoms with E-state index in [4.69, 9.17) is 0 Å². The van der Waals surface area contributed by atoms with E-state index in [0.29, 0.717) is 0 Å². The molecule has 13 nitrogen and oxygen atoms in total. The Morgan fingerprint density at radius 3 is 1.81 bits per heavy atom. The van der Waals surface area contributed by atoms with Gasteiger partial charge in [0.1, 0.15) is 11.1 Å². The van der Waals surface area contributed by atoms with Gasteiger partial charge in [-0.2, -0.15) is 10.4 Å². The molecule has 0 saturated heterocycles. The number of nitro benzene ring substituents is 2. The first-order valence-corrected chi connectivity index (χ1v) is 15.7. The maximum Gasteiger partial charge on any atom is 0.303 e. The van der Waals surface area contributed by atoms with Gasteiger partial charge in [0.15, 0.2) is 10.7 Å². The highest BCUT2D eigenvalue weighted by Crippen LogP contribution is 2.39. The van der Waals surface area contributed by atoms with Crippen LogP contribution in [0.1, 0.15) is 44.4 Å². The second-order valence-electron chi connectivity index (χ2n) is 10.00. The summed E-state index contributed by atoms with van der Waals surface area (Å²) in [6.07, 6.45) is 1.65. The summed E-state index contributed by atoms with van der Waals surface area (Å²) < 4.78 is 0. The number of nitrogens with zero attached hydrogens (tertiary/aromatic N) is 9. The monoisotopic (exact) mass is 651 g/mol. The summed E-state index contributed by atoms with van der Waals surface area (Å²) in [7, 11) is 0. The van der Waals surface area contributed by atoms with Gasteiger partial charge in [-0.3, -0.25) is 20.2 Å². The molecule has 4 aromatic rings. The minimum atomic E-state index is -0.769. The summed E-state index contributed by atoms with van der Waals surface area (Å²) in [5.41, 5.74) is 4.01. The van der Waals surface area contributed by atoms with E-state index in [2.05, 4.69) is 113 Å². The summed E-state index contributed by atoms with van der Waals surface area (Å²) >= 11 is 1.03. The molecular weight excluding hydrogens is 618 g/mol. The molecule has 0 aliphatic carbocycles. The van der Waals surface area contributed by atoms with E-state index < -0.39 is 21.2 Å². The molecule has 1 aromatic heterocycles. The third-order valence-corrected chi connectivity index (χ3v) is 8.30. The predicted octanol–water partition coefficient (Wildman–Crippen LogP) is 9.72. The van der Waals surface area contributed by atoms with Crippen molar-refractivity contribution in [2.75, 3.05) is 36.0 Å². The van der Waals surface area contributed by atoms with Crippen LogP contribution in [0.3, 0.4) is 0 Å². The Morgan fingerprint density at radius 1 is 0.787 bits per heavy atom. The number of anilines is 2. The van der Waals surface area contributed by atoms with Gasteiger partial charge in [-0.15, -0.1) is 15.3 Å². The Morgan fingerprint density at radius 2 is 1.34 bits per heavy atom. The standard InChI is InChI=1S/C33H33N9O4S/c1-5-39(6-2)26-13-9-23(10-14-26)29(24-11-15-27(16-12-24)40(7-3)8-4)22-35-38-33-25(21-34)19-32(47-33)37-36-30-18-17-28(41(43)44)20-31(30)42(45)46/h9-20,22H,5-8H2,1-4H3. The molecule has 0 N–H and O–H groups in total. The van der Waals surface area contributed by atoms with Crippen LogP contribution in [0.2, 0.25) is 0 Å². The van der Waals surface area contributed by atoms with Crippen molar-refractivity contribution in [3.63, 3.8) is 0 Å². The summed E-state index contributed by atoms with van der Waals surface area (Å²) in [5.74, 6) is 0. The van der Waals surface area contributed by atoms with Crippen molar-refractivity contribution in [3.05, 3.63) is 116 Å². The predicted molar refractivity (Wildman–Crippen MR) is 185 cm³/mol. The topological polar surface area (TPSA) is 166 Å². The molecule has 14 heteroatoms. The number of non-ortho nitro benzene ring substituents is 1. The van der Waals surface area contributed by atoms with Crippen molar-refractivity contribution in [1.29, 1.82) is 5.26 Å². The minimum Gasteiger partial charge on any atom is -0.372 e. The number of rotatable bonds is 14. The number of nitro groups is 2. The largest absolute Gasteiger partial charge is 0.372 e. The number of nitriles is 1. The van der Waals surface area contributed by atoms with Gasteiger partial charge in [-0.05, 0) is 75.2 Å². The molecular formula is C33H33N9O4S. The van der Waals surface area contributed by atoms with E-state index >= 15 is 0 Å². The smallest absolute Gasteiger partial charge is 0.303 e. The first kappa shape index (κ1) is 34.1. The zero-order chi connectivity index (χ0) is 33.9. The van der Waals surface area contributed by atoms with Crippen LogP contribution >= 0.6 is 11.3 Å². The highest BCUT2D eigenvalue weighted by atomic mass is 32.1. The summed E-state index contributed by atoms with van der Waals surface area (Å²) in [4.78, 5) is 25.5. The van der Waals surface area contributed by atoms with Crippen molar-refractivity contribution in [1.82, 2.24) is 0 Å². The molecule has 0 unspecified atom stereocenters. The van der Waals surface area contributed by atoms with Gasteiger partial charge < -0.3 is 9.80 Å². The van der Waals surface area contributed by atoms with Crippen LogP contribution in [0.25, 0.3) is 5.57 Å². The van der Waals surface area contributed by atoms with Gasteiger partial charge >= 0.3 is 5.69 Å². The molecule has 0 radical (unpaired) electrons. The van der Waals surface area contributed by atoms with E-state index in [1.54, 1.807) is 6.20 Å². The molecule has 0 aliphatic rings. The lowest BCUT2D eigenvalue weighted by Gasteiger charge is -2.22. The lowest BCUT2D eigenvalue weighted by atomic mass is 9.98. The molecule has 0 atom stereocenters. The van der Waals surface area contributed by atoms with Crippen molar-refractivity contribution in [2.45, 2.75) is 27.7 Å². The number of azo groups is 2. The fourth-order valence-corrected chi connectivity index (χ4v) is 5.63. The van der Waals surface area contributed by atoms with Crippen molar-refractivity contribution in [2.24, 2.45) is 20.5 Å². The van der Waals surface area contributed by atoms with Gasteiger partial charge in [0.05, 0.1) is 27.7 Å². The van der Waals surface area contributed by atoms with Crippen LogP contribution < -0.4 is 9.80 Å². The number of benzene rings is 3. The highest BCUT2D eigenvalue weighted by molar-refractivity contribution is 7.19. The molecule has 0 fully saturated rings. The Balaban J connectivity index is 1.68. The van der Waals surface area contributed by atoms with E-state index in [1.807, 2.05) is 0 Å². The normalized spacial score (nSPS) is 11.0. The van der Waals surface area contributed by atoms with Crippen molar-refractivity contribution < 1.29 is 9.85 Å². The molecule has 1 heterocycles. The van der Waals surface area contributed by atoms with Crippen molar-refractivity contribution >= 4 is 55.3 Å². The molecule has 0 spiro atoms.